The van der Waals surface area contributed by atoms with E-state index in [1.165, 1.54) is 0 Å². The van der Waals surface area contributed by atoms with Crippen molar-refractivity contribution in [1.82, 2.24) is 20.6 Å². The van der Waals surface area contributed by atoms with Crippen LogP contribution in [0.1, 0.15) is 17.5 Å². The van der Waals surface area contributed by atoms with Crippen LogP contribution in [0, 0.1) is 0 Å². The molecule has 29 heavy (non-hydrogen) atoms. The summed E-state index contributed by atoms with van der Waals surface area (Å²) in [5.74, 6) is 1.04. The van der Waals surface area contributed by atoms with Crippen molar-refractivity contribution in [3.05, 3.63) is 52.9 Å². The summed E-state index contributed by atoms with van der Waals surface area (Å²) >= 11 is 6.06. The van der Waals surface area contributed by atoms with Crippen LogP contribution in [0.2, 0.25) is 5.02 Å². The van der Waals surface area contributed by atoms with E-state index >= 15 is 0 Å². The molecule has 3 rings (SSSR count). The third-order valence-electron chi connectivity index (χ3n) is 4.63. The zero-order chi connectivity index (χ0) is 20.9. The van der Waals surface area contributed by atoms with Gasteiger partial charge in [0.1, 0.15) is 5.82 Å². The lowest BCUT2D eigenvalue weighted by atomic mass is 10.2. The minimum Gasteiger partial charge on any atom is -0.356 e. The average Bonchev–Trinajstić information content (AvgIpc) is 3.15. The van der Waals surface area contributed by atoms with Gasteiger partial charge in [0.2, 0.25) is 0 Å². The second kappa shape index (κ2) is 9.30. The molecule has 1 saturated heterocycles. The van der Waals surface area contributed by atoms with Crippen LogP contribution in [0.5, 0.6) is 0 Å². The number of alkyl halides is 3. The third-order valence-corrected chi connectivity index (χ3v) is 4.91. The third kappa shape index (κ3) is 5.72. The van der Waals surface area contributed by atoms with Crippen LogP contribution >= 0.6 is 11.6 Å². The van der Waals surface area contributed by atoms with Crippen LogP contribution in [-0.2, 0) is 12.6 Å². The molecule has 1 aliphatic heterocycles. The number of guanidine groups is 1. The summed E-state index contributed by atoms with van der Waals surface area (Å²) in [6.07, 6.45) is 1.53. The minimum atomic E-state index is -4.46. The Bertz CT molecular complexity index is 844. The second-order valence-electron chi connectivity index (χ2n) is 6.71. The van der Waals surface area contributed by atoms with Crippen LogP contribution < -0.4 is 15.5 Å². The smallest absolute Gasteiger partial charge is 0.356 e. The average molecular weight is 427 g/mol. The number of anilines is 1. The Morgan fingerprint density at radius 1 is 1.38 bits per heavy atom. The number of nitrogens with one attached hydrogen (secondary N) is 2. The van der Waals surface area contributed by atoms with E-state index in [0.29, 0.717) is 31.4 Å². The lowest BCUT2D eigenvalue weighted by molar-refractivity contribution is -0.137. The number of nitrogens with zero attached hydrogens (tertiary/aromatic N) is 4. The molecule has 0 bridgehead atoms. The van der Waals surface area contributed by atoms with Gasteiger partial charge < -0.3 is 15.5 Å². The van der Waals surface area contributed by atoms with Gasteiger partial charge in [0.15, 0.2) is 5.96 Å². The number of aliphatic imine (C=N–C) groups is 1. The van der Waals surface area contributed by atoms with Gasteiger partial charge in [0.25, 0.3) is 0 Å². The number of hydrogen-bond acceptors (Lipinski definition) is 4. The van der Waals surface area contributed by atoms with Crippen LogP contribution in [-0.4, -0.2) is 48.7 Å². The normalized spacial score (nSPS) is 17.5. The van der Waals surface area contributed by atoms with Crippen molar-refractivity contribution in [3.8, 4) is 0 Å². The molecule has 156 valence electrons. The lowest BCUT2D eigenvalue weighted by Crippen LogP contribution is -2.45. The van der Waals surface area contributed by atoms with Crippen molar-refractivity contribution in [2.24, 2.45) is 4.99 Å². The number of aromatic nitrogens is 2. The Balaban J connectivity index is 1.52. The first-order valence-electron chi connectivity index (χ1n) is 9.20. The lowest BCUT2D eigenvalue weighted by Gasteiger charge is -2.21. The summed E-state index contributed by atoms with van der Waals surface area (Å²) in [5, 5.41) is 6.60. The Morgan fingerprint density at radius 3 is 2.86 bits per heavy atom. The first-order chi connectivity index (χ1) is 13.9. The van der Waals surface area contributed by atoms with Crippen molar-refractivity contribution in [2.45, 2.75) is 25.1 Å². The van der Waals surface area contributed by atoms with Gasteiger partial charge in [0.05, 0.1) is 10.6 Å². The molecular weight excluding hydrogens is 405 g/mol. The van der Waals surface area contributed by atoms with Crippen LogP contribution in [0.4, 0.5) is 19.0 Å². The second-order valence-corrected chi connectivity index (χ2v) is 7.12. The number of hydrogen-bond donors (Lipinski definition) is 2. The molecule has 1 unspecified atom stereocenters. The summed E-state index contributed by atoms with van der Waals surface area (Å²) in [5.41, 5.74) is 0.281. The standard InChI is InChI=1S/C19H22ClF3N6/c1-24-18(26-7-4-13-3-2-6-25-10-13)28-15-5-8-29(12-15)17-16(20)9-14(11-27-17)19(21,22)23/h2-3,6,9-11,15H,4-5,7-8,12H2,1H3,(H2,24,26,28). The first kappa shape index (κ1) is 21.2. The quantitative estimate of drug-likeness (QED) is 0.568. The van der Waals surface area contributed by atoms with Gasteiger partial charge in [-0.25, -0.2) is 4.98 Å². The molecule has 0 aromatic carbocycles. The van der Waals surface area contributed by atoms with Gasteiger partial charge >= 0.3 is 6.18 Å². The van der Waals surface area contributed by atoms with E-state index in [1.54, 1.807) is 13.2 Å². The van der Waals surface area contributed by atoms with E-state index in [-0.39, 0.29) is 11.1 Å². The minimum absolute atomic E-state index is 0.000507. The van der Waals surface area contributed by atoms with Gasteiger partial charge in [-0.15, -0.1) is 0 Å². The molecule has 0 spiro atoms. The van der Waals surface area contributed by atoms with Crippen molar-refractivity contribution in [2.75, 3.05) is 31.6 Å². The van der Waals surface area contributed by atoms with E-state index in [0.717, 1.165) is 30.7 Å². The zero-order valence-corrected chi connectivity index (χ0v) is 16.6. The van der Waals surface area contributed by atoms with E-state index in [9.17, 15) is 13.2 Å². The highest BCUT2D eigenvalue weighted by atomic mass is 35.5. The maximum absolute atomic E-state index is 12.8. The number of halogens is 4. The summed E-state index contributed by atoms with van der Waals surface area (Å²) in [4.78, 5) is 14.1. The molecule has 0 aliphatic carbocycles. The fourth-order valence-electron chi connectivity index (χ4n) is 3.15. The highest BCUT2D eigenvalue weighted by Crippen LogP contribution is 2.34. The van der Waals surface area contributed by atoms with Crippen molar-refractivity contribution >= 4 is 23.4 Å². The summed E-state index contributed by atoms with van der Waals surface area (Å²) in [6.45, 7) is 1.91. The Labute approximate surface area is 172 Å². The number of pyridine rings is 2. The molecule has 1 atom stereocenters. The van der Waals surface area contributed by atoms with Crippen molar-refractivity contribution in [1.29, 1.82) is 0 Å². The van der Waals surface area contributed by atoms with E-state index in [1.807, 2.05) is 23.2 Å². The molecule has 0 saturated carbocycles. The highest BCUT2D eigenvalue weighted by Gasteiger charge is 2.33. The van der Waals surface area contributed by atoms with Crippen molar-refractivity contribution in [3.63, 3.8) is 0 Å². The van der Waals surface area contributed by atoms with Gasteiger partial charge in [-0.1, -0.05) is 17.7 Å². The van der Waals surface area contributed by atoms with Crippen LogP contribution in [0.25, 0.3) is 0 Å². The van der Waals surface area contributed by atoms with Gasteiger partial charge in [-0.3, -0.25) is 9.98 Å². The molecule has 2 aromatic heterocycles. The van der Waals surface area contributed by atoms with Crippen molar-refractivity contribution < 1.29 is 13.2 Å². The molecule has 0 amide bonds. The van der Waals surface area contributed by atoms with E-state index < -0.39 is 11.7 Å². The molecule has 3 heterocycles. The molecule has 1 fully saturated rings. The molecule has 0 radical (unpaired) electrons. The van der Waals surface area contributed by atoms with Gasteiger partial charge in [-0.05, 0) is 30.5 Å². The van der Waals surface area contributed by atoms with E-state index in [2.05, 4.69) is 25.6 Å². The predicted octanol–water partition coefficient (Wildman–Crippen LogP) is 3.14. The Hall–Kier alpha value is -2.55. The predicted molar refractivity (Wildman–Crippen MR) is 107 cm³/mol. The van der Waals surface area contributed by atoms with Crippen LogP contribution in [0.3, 0.4) is 0 Å². The van der Waals surface area contributed by atoms with Crippen LogP contribution in [0.15, 0.2) is 41.8 Å². The molecule has 10 heteroatoms. The number of rotatable bonds is 5. The largest absolute Gasteiger partial charge is 0.417 e. The van der Waals surface area contributed by atoms with Gasteiger partial charge in [-0.2, -0.15) is 13.2 Å². The Morgan fingerprint density at radius 2 is 2.21 bits per heavy atom. The monoisotopic (exact) mass is 426 g/mol. The SMILES string of the molecule is CN=C(NCCc1cccnc1)NC1CCN(c2ncc(C(F)(F)F)cc2Cl)C1. The van der Waals surface area contributed by atoms with E-state index in [4.69, 9.17) is 11.6 Å². The molecule has 1 aliphatic rings. The summed E-state index contributed by atoms with van der Waals surface area (Å²) in [6, 6.07) is 4.92. The van der Waals surface area contributed by atoms with Gasteiger partial charge in [0, 0.05) is 51.3 Å². The fraction of sp³-hybridized carbons (Fsp3) is 0.421. The first-order valence-corrected chi connectivity index (χ1v) is 9.58. The summed E-state index contributed by atoms with van der Waals surface area (Å²) < 4.78 is 38.4. The Kier molecular flexibility index (Phi) is 6.79. The summed E-state index contributed by atoms with van der Waals surface area (Å²) in [7, 11) is 1.69. The molecular formula is C19H22ClF3N6. The topological polar surface area (TPSA) is 65.4 Å². The molecule has 2 aromatic rings. The molecule has 2 N–H and O–H groups in total. The fourth-order valence-corrected chi connectivity index (χ4v) is 3.43. The maximum Gasteiger partial charge on any atom is 0.417 e. The highest BCUT2D eigenvalue weighted by molar-refractivity contribution is 6.33. The molecule has 6 nitrogen and oxygen atoms in total. The zero-order valence-electron chi connectivity index (χ0n) is 15.9. The maximum atomic E-state index is 12.8.